The average Bonchev–Trinajstić information content (AvgIpc) is 2.45. The van der Waals surface area contributed by atoms with Crippen molar-refractivity contribution in [1.29, 1.82) is 0 Å². The Labute approximate surface area is 110 Å². The lowest BCUT2D eigenvalue weighted by Gasteiger charge is -2.11. The van der Waals surface area contributed by atoms with Gasteiger partial charge < -0.3 is 14.6 Å². The molecular formula is C14H13NO4. The summed E-state index contributed by atoms with van der Waals surface area (Å²) in [5.74, 6) is -0.660. The quantitative estimate of drug-likeness (QED) is 0.892. The number of pyridine rings is 1. The Bertz CT molecular complexity index is 569. The molecule has 0 aliphatic heterocycles. The standard InChI is InChI=1S/C14H13NO4/c1-18-13-11(7-8-15-12(13)14(16)17)19-9-10-5-3-2-4-6-10/h2-8H,9H2,1H3,(H,16,17). The average molecular weight is 259 g/mol. The Balaban J connectivity index is 2.21. The first-order chi connectivity index (χ1) is 9.22. The number of benzene rings is 1. The number of hydrogen-bond acceptors (Lipinski definition) is 4. The van der Waals surface area contributed by atoms with E-state index in [-0.39, 0.29) is 11.4 Å². The fraction of sp³-hybridized carbons (Fsp3) is 0.143. The van der Waals surface area contributed by atoms with Crippen LogP contribution in [-0.4, -0.2) is 23.2 Å². The van der Waals surface area contributed by atoms with E-state index in [4.69, 9.17) is 14.6 Å². The van der Waals surface area contributed by atoms with Crippen molar-refractivity contribution in [2.24, 2.45) is 0 Å². The molecule has 0 saturated heterocycles. The number of nitrogens with zero attached hydrogens (tertiary/aromatic N) is 1. The van der Waals surface area contributed by atoms with Crippen molar-refractivity contribution < 1.29 is 19.4 Å². The van der Waals surface area contributed by atoms with Gasteiger partial charge in [-0.25, -0.2) is 9.78 Å². The zero-order valence-corrected chi connectivity index (χ0v) is 10.4. The molecule has 0 atom stereocenters. The molecule has 0 aliphatic carbocycles. The smallest absolute Gasteiger partial charge is 0.358 e. The number of rotatable bonds is 5. The topological polar surface area (TPSA) is 68.7 Å². The van der Waals surface area contributed by atoms with Crippen LogP contribution in [0.25, 0.3) is 0 Å². The zero-order chi connectivity index (χ0) is 13.7. The van der Waals surface area contributed by atoms with E-state index in [2.05, 4.69) is 4.98 Å². The van der Waals surface area contributed by atoms with E-state index < -0.39 is 5.97 Å². The van der Waals surface area contributed by atoms with Gasteiger partial charge in [-0.15, -0.1) is 0 Å². The molecular weight excluding hydrogens is 246 g/mol. The Morgan fingerprint density at radius 3 is 2.63 bits per heavy atom. The molecule has 2 aromatic rings. The van der Waals surface area contributed by atoms with Gasteiger partial charge in [-0.2, -0.15) is 0 Å². The maximum atomic E-state index is 11.0. The monoisotopic (exact) mass is 259 g/mol. The molecule has 2 rings (SSSR count). The Hall–Kier alpha value is -2.56. The fourth-order valence-corrected chi connectivity index (χ4v) is 1.63. The summed E-state index contributed by atoms with van der Waals surface area (Å²) in [4.78, 5) is 14.8. The normalized spacial score (nSPS) is 9.95. The van der Waals surface area contributed by atoms with Crippen molar-refractivity contribution in [3.05, 3.63) is 53.9 Å². The van der Waals surface area contributed by atoms with Gasteiger partial charge >= 0.3 is 5.97 Å². The molecule has 0 bridgehead atoms. The van der Waals surface area contributed by atoms with Gasteiger partial charge in [-0.05, 0) is 5.56 Å². The molecule has 0 spiro atoms. The van der Waals surface area contributed by atoms with Gasteiger partial charge in [0.1, 0.15) is 6.61 Å². The van der Waals surface area contributed by atoms with Crippen LogP contribution in [0.3, 0.4) is 0 Å². The van der Waals surface area contributed by atoms with E-state index in [1.54, 1.807) is 6.07 Å². The lowest BCUT2D eigenvalue weighted by molar-refractivity contribution is 0.0685. The molecule has 1 heterocycles. The second kappa shape index (κ2) is 5.86. The maximum Gasteiger partial charge on any atom is 0.358 e. The first-order valence-electron chi connectivity index (χ1n) is 5.65. The minimum Gasteiger partial charge on any atom is -0.491 e. The summed E-state index contributed by atoms with van der Waals surface area (Å²) in [5, 5.41) is 9.01. The predicted molar refractivity (Wildman–Crippen MR) is 68.5 cm³/mol. The summed E-state index contributed by atoms with van der Waals surface area (Å²) < 4.78 is 10.6. The van der Waals surface area contributed by atoms with E-state index in [0.717, 1.165) is 5.56 Å². The first-order valence-corrected chi connectivity index (χ1v) is 5.65. The molecule has 0 amide bonds. The van der Waals surface area contributed by atoms with Gasteiger partial charge in [-0.3, -0.25) is 0 Å². The summed E-state index contributed by atoms with van der Waals surface area (Å²) in [7, 11) is 1.39. The summed E-state index contributed by atoms with van der Waals surface area (Å²) >= 11 is 0. The second-order valence-electron chi connectivity index (χ2n) is 3.77. The zero-order valence-electron chi connectivity index (χ0n) is 10.4. The number of carboxylic acids is 1. The van der Waals surface area contributed by atoms with Gasteiger partial charge in [0.25, 0.3) is 0 Å². The SMILES string of the molecule is COc1c(OCc2ccccc2)ccnc1C(=O)O. The molecule has 19 heavy (non-hydrogen) atoms. The van der Waals surface area contributed by atoms with Gasteiger partial charge in [0.15, 0.2) is 17.2 Å². The van der Waals surface area contributed by atoms with E-state index in [0.29, 0.717) is 12.4 Å². The third-order valence-corrected chi connectivity index (χ3v) is 2.51. The van der Waals surface area contributed by atoms with E-state index in [9.17, 15) is 4.79 Å². The van der Waals surface area contributed by atoms with Gasteiger partial charge in [0.05, 0.1) is 7.11 Å². The molecule has 1 aromatic carbocycles. The Kier molecular flexibility index (Phi) is 3.97. The third kappa shape index (κ3) is 3.01. The minimum absolute atomic E-state index is 0.130. The number of methoxy groups -OCH3 is 1. The third-order valence-electron chi connectivity index (χ3n) is 2.51. The van der Waals surface area contributed by atoms with Crippen molar-refractivity contribution in [2.45, 2.75) is 6.61 Å². The predicted octanol–water partition coefficient (Wildman–Crippen LogP) is 2.37. The first kappa shape index (κ1) is 12.9. The van der Waals surface area contributed by atoms with Crippen LogP contribution in [0.15, 0.2) is 42.6 Å². The van der Waals surface area contributed by atoms with Crippen LogP contribution in [0.2, 0.25) is 0 Å². The highest BCUT2D eigenvalue weighted by molar-refractivity contribution is 5.89. The van der Waals surface area contributed by atoms with Crippen molar-refractivity contribution in [2.75, 3.05) is 7.11 Å². The highest BCUT2D eigenvalue weighted by Crippen LogP contribution is 2.29. The molecule has 1 N–H and O–H groups in total. The number of carboxylic acid groups (broad SMARTS) is 1. The highest BCUT2D eigenvalue weighted by atomic mass is 16.5. The Morgan fingerprint density at radius 1 is 1.26 bits per heavy atom. The lowest BCUT2D eigenvalue weighted by atomic mass is 10.2. The van der Waals surface area contributed by atoms with E-state index in [1.807, 2.05) is 30.3 Å². The van der Waals surface area contributed by atoms with Crippen LogP contribution in [0.4, 0.5) is 0 Å². The second-order valence-corrected chi connectivity index (χ2v) is 3.77. The summed E-state index contributed by atoms with van der Waals surface area (Å²) in [6, 6.07) is 11.2. The summed E-state index contributed by atoms with van der Waals surface area (Å²) in [6.07, 6.45) is 1.38. The summed E-state index contributed by atoms with van der Waals surface area (Å²) in [6.45, 7) is 0.334. The molecule has 0 aliphatic rings. The largest absolute Gasteiger partial charge is 0.491 e. The van der Waals surface area contributed by atoms with Crippen LogP contribution in [0, 0.1) is 0 Å². The molecule has 5 nitrogen and oxygen atoms in total. The van der Waals surface area contributed by atoms with Gasteiger partial charge in [0, 0.05) is 12.3 Å². The number of aromatic nitrogens is 1. The number of hydrogen-bond donors (Lipinski definition) is 1. The van der Waals surface area contributed by atoms with E-state index in [1.165, 1.54) is 13.3 Å². The van der Waals surface area contributed by atoms with Crippen LogP contribution in [0.5, 0.6) is 11.5 Å². The van der Waals surface area contributed by atoms with Crippen LogP contribution in [-0.2, 0) is 6.61 Å². The minimum atomic E-state index is -1.15. The fourth-order valence-electron chi connectivity index (χ4n) is 1.63. The number of carbonyl (C=O) groups is 1. The van der Waals surface area contributed by atoms with Crippen LogP contribution in [0.1, 0.15) is 16.1 Å². The Morgan fingerprint density at radius 2 is 2.00 bits per heavy atom. The van der Waals surface area contributed by atoms with Crippen molar-refractivity contribution in [3.8, 4) is 11.5 Å². The summed E-state index contributed by atoms with van der Waals surface area (Å²) in [5.41, 5.74) is 0.825. The molecule has 0 radical (unpaired) electrons. The van der Waals surface area contributed by atoms with E-state index >= 15 is 0 Å². The molecule has 5 heteroatoms. The van der Waals surface area contributed by atoms with Gasteiger partial charge in [0.2, 0.25) is 0 Å². The molecule has 0 fully saturated rings. The highest BCUT2D eigenvalue weighted by Gasteiger charge is 2.17. The molecule has 1 aromatic heterocycles. The molecule has 0 saturated carbocycles. The van der Waals surface area contributed by atoms with Crippen LogP contribution < -0.4 is 9.47 Å². The van der Waals surface area contributed by atoms with Crippen LogP contribution >= 0.6 is 0 Å². The molecule has 98 valence electrons. The van der Waals surface area contributed by atoms with Gasteiger partial charge in [-0.1, -0.05) is 30.3 Å². The molecule has 0 unspecified atom stereocenters. The van der Waals surface area contributed by atoms with Crippen molar-refractivity contribution in [3.63, 3.8) is 0 Å². The number of ether oxygens (including phenoxy) is 2. The lowest BCUT2D eigenvalue weighted by Crippen LogP contribution is -2.06. The van der Waals surface area contributed by atoms with Crippen molar-refractivity contribution >= 4 is 5.97 Å². The van der Waals surface area contributed by atoms with Crippen molar-refractivity contribution in [1.82, 2.24) is 4.98 Å². The number of aromatic carboxylic acids is 1. The maximum absolute atomic E-state index is 11.0.